The quantitative estimate of drug-likeness (QED) is 0.638. The van der Waals surface area contributed by atoms with E-state index in [0.29, 0.717) is 16.7 Å². The molecular formula is C18H24Cl4N2O. The Morgan fingerprint density at radius 1 is 1.04 bits per heavy atom. The van der Waals surface area contributed by atoms with E-state index in [9.17, 15) is 0 Å². The number of nitrogens with one attached hydrogen (secondary N) is 1. The summed E-state index contributed by atoms with van der Waals surface area (Å²) in [4.78, 5) is 2.26. The van der Waals surface area contributed by atoms with E-state index < -0.39 is 0 Å². The zero-order chi connectivity index (χ0) is 16.7. The molecule has 0 radical (unpaired) electrons. The highest BCUT2D eigenvalue weighted by molar-refractivity contribution is 6.42. The third kappa shape index (κ3) is 8.04. The van der Waals surface area contributed by atoms with Crippen LogP contribution in [-0.2, 0) is 13.2 Å². The summed E-state index contributed by atoms with van der Waals surface area (Å²) in [5.41, 5.74) is 2.17. The Balaban J connectivity index is 0.00000288. The minimum absolute atomic E-state index is 0. The number of halogens is 4. The summed E-state index contributed by atoms with van der Waals surface area (Å²) in [6.07, 6.45) is 0. The zero-order valence-electron chi connectivity index (χ0n) is 14.3. The van der Waals surface area contributed by atoms with E-state index in [0.717, 1.165) is 30.9 Å². The molecule has 0 unspecified atom stereocenters. The van der Waals surface area contributed by atoms with Crippen LogP contribution in [0.2, 0.25) is 10.0 Å². The second-order valence-electron chi connectivity index (χ2n) is 5.49. The molecular weight excluding hydrogens is 402 g/mol. The fourth-order valence-corrected chi connectivity index (χ4v) is 2.56. The van der Waals surface area contributed by atoms with Gasteiger partial charge in [-0.05, 0) is 37.9 Å². The molecule has 140 valence electrons. The molecule has 0 atom stereocenters. The van der Waals surface area contributed by atoms with Crippen molar-refractivity contribution in [1.82, 2.24) is 10.2 Å². The van der Waals surface area contributed by atoms with Gasteiger partial charge < -0.3 is 15.0 Å². The second kappa shape index (κ2) is 12.6. The minimum Gasteiger partial charge on any atom is -0.489 e. The maximum Gasteiger partial charge on any atom is 0.124 e. The van der Waals surface area contributed by atoms with E-state index in [1.54, 1.807) is 6.07 Å². The monoisotopic (exact) mass is 424 g/mol. The zero-order valence-corrected chi connectivity index (χ0v) is 17.4. The first kappa shape index (κ1) is 24.3. The number of para-hydroxylation sites is 1. The topological polar surface area (TPSA) is 24.5 Å². The van der Waals surface area contributed by atoms with Gasteiger partial charge in [0.25, 0.3) is 0 Å². The summed E-state index contributed by atoms with van der Waals surface area (Å²) in [5.74, 6) is 0.898. The van der Waals surface area contributed by atoms with Gasteiger partial charge in [-0.2, -0.15) is 0 Å². The summed E-state index contributed by atoms with van der Waals surface area (Å²) in [6, 6.07) is 13.7. The van der Waals surface area contributed by atoms with E-state index in [1.165, 1.54) is 5.56 Å². The minimum atomic E-state index is 0. The Hall–Kier alpha value is -0.680. The van der Waals surface area contributed by atoms with Crippen LogP contribution in [0.15, 0.2) is 42.5 Å². The van der Waals surface area contributed by atoms with Gasteiger partial charge in [-0.1, -0.05) is 47.5 Å². The maximum atomic E-state index is 6.04. The molecule has 0 fully saturated rings. The molecule has 0 heterocycles. The van der Waals surface area contributed by atoms with Gasteiger partial charge in [-0.25, -0.2) is 0 Å². The fraction of sp³-hybridized carbons (Fsp3) is 0.333. The first-order valence-electron chi connectivity index (χ1n) is 7.58. The molecule has 2 rings (SSSR count). The molecule has 25 heavy (non-hydrogen) atoms. The second-order valence-corrected chi connectivity index (χ2v) is 6.30. The SMILES string of the molecule is CNCCN(C)Cc1ccccc1OCc1ccc(Cl)c(Cl)c1.Cl.Cl. The largest absolute Gasteiger partial charge is 0.489 e. The highest BCUT2D eigenvalue weighted by Crippen LogP contribution is 2.25. The molecule has 0 saturated heterocycles. The third-order valence-electron chi connectivity index (χ3n) is 3.53. The summed E-state index contributed by atoms with van der Waals surface area (Å²) in [7, 11) is 4.06. The standard InChI is InChI=1S/C18H22Cl2N2O.2ClH/c1-21-9-10-22(2)12-15-5-3-4-6-18(15)23-13-14-7-8-16(19)17(20)11-14;;/h3-8,11,21H,9-10,12-13H2,1-2H3;2*1H. The lowest BCUT2D eigenvalue weighted by molar-refractivity contribution is 0.285. The lowest BCUT2D eigenvalue weighted by Crippen LogP contribution is -2.27. The average Bonchev–Trinajstić information content (AvgIpc) is 2.55. The molecule has 0 saturated carbocycles. The van der Waals surface area contributed by atoms with Gasteiger partial charge in [0.05, 0.1) is 10.0 Å². The number of rotatable bonds is 8. The number of hydrogen-bond acceptors (Lipinski definition) is 3. The van der Waals surface area contributed by atoms with E-state index in [1.807, 2.05) is 37.4 Å². The molecule has 0 spiro atoms. The van der Waals surface area contributed by atoms with E-state index in [4.69, 9.17) is 27.9 Å². The summed E-state index contributed by atoms with van der Waals surface area (Å²) >= 11 is 12.0. The van der Waals surface area contributed by atoms with Gasteiger partial charge in [-0.3, -0.25) is 0 Å². The van der Waals surface area contributed by atoms with Crippen molar-refractivity contribution < 1.29 is 4.74 Å². The normalized spacial score (nSPS) is 10.1. The number of hydrogen-bond donors (Lipinski definition) is 1. The number of nitrogens with zero attached hydrogens (tertiary/aromatic N) is 1. The molecule has 2 aromatic rings. The van der Waals surface area contributed by atoms with Crippen LogP contribution in [0, 0.1) is 0 Å². The number of benzene rings is 2. The number of likely N-dealkylation sites (N-methyl/N-ethyl adjacent to an activating group) is 2. The molecule has 2 aromatic carbocycles. The lowest BCUT2D eigenvalue weighted by Gasteiger charge is -2.19. The first-order valence-corrected chi connectivity index (χ1v) is 8.33. The van der Waals surface area contributed by atoms with Gasteiger partial charge in [0.2, 0.25) is 0 Å². The van der Waals surface area contributed by atoms with Gasteiger partial charge in [-0.15, -0.1) is 24.8 Å². The van der Waals surface area contributed by atoms with Crippen molar-refractivity contribution in [3.05, 3.63) is 63.6 Å². The molecule has 7 heteroatoms. The average molecular weight is 426 g/mol. The number of ether oxygens (including phenoxy) is 1. The maximum absolute atomic E-state index is 6.04. The third-order valence-corrected chi connectivity index (χ3v) is 4.27. The fourth-order valence-electron chi connectivity index (χ4n) is 2.24. The highest BCUT2D eigenvalue weighted by atomic mass is 35.5. The van der Waals surface area contributed by atoms with E-state index in [2.05, 4.69) is 23.3 Å². The molecule has 0 amide bonds. The lowest BCUT2D eigenvalue weighted by atomic mass is 10.2. The van der Waals surface area contributed by atoms with Crippen LogP contribution < -0.4 is 10.1 Å². The highest BCUT2D eigenvalue weighted by Gasteiger charge is 2.07. The Labute approximate surface area is 172 Å². The summed E-state index contributed by atoms with van der Waals surface area (Å²) < 4.78 is 5.98. The molecule has 0 bridgehead atoms. The molecule has 0 aliphatic carbocycles. The van der Waals surface area contributed by atoms with Gasteiger partial charge in [0, 0.05) is 25.2 Å². The van der Waals surface area contributed by atoms with Gasteiger partial charge in [0.1, 0.15) is 12.4 Å². The molecule has 0 aliphatic rings. The predicted octanol–water partition coefficient (Wildman–Crippen LogP) is 5.07. The van der Waals surface area contributed by atoms with Crippen molar-refractivity contribution in [2.75, 3.05) is 27.2 Å². The molecule has 0 aliphatic heterocycles. The van der Waals surface area contributed by atoms with Crippen LogP contribution >= 0.6 is 48.0 Å². The van der Waals surface area contributed by atoms with Crippen LogP contribution in [0.4, 0.5) is 0 Å². The Morgan fingerprint density at radius 3 is 2.44 bits per heavy atom. The molecule has 1 N–H and O–H groups in total. The predicted molar refractivity (Wildman–Crippen MR) is 112 cm³/mol. The van der Waals surface area contributed by atoms with Crippen molar-refractivity contribution >= 4 is 48.0 Å². The summed E-state index contributed by atoms with van der Waals surface area (Å²) in [6.45, 7) is 3.26. The van der Waals surface area contributed by atoms with Crippen molar-refractivity contribution in [3.63, 3.8) is 0 Å². The smallest absolute Gasteiger partial charge is 0.124 e. The Morgan fingerprint density at radius 2 is 1.76 bits per heavy atom. The van der Waals surface area contributed by atoms with E-state index >= 15 is 0 Å². The van der Waals surface area contributed by atoms with Crippen molar-refractivity contribution in [1.29, 1.82) is 0 Å². The van der Waals surface area contributed by atoms with Crippen LogP contribution in [-0.4, -0.2) is 32.1 Å². The first-order chi connectivity index (χ1) is 11.1. The Kier molecular flexibility index (Phi) is 12.3. The molecule has 0 aromatic heterocycles. The van der Waals surface area contributed by atoms with Gasteiger partial charge in [0.15, 0.2) is 0 Å². The van der Waals surface area contributed by atoms with Crippen molar-refractivity contribution in [2.45, 2.75) is 13.2 Å². The van der Waals surface area contributed by atoms with E-state index in [-0.39, 0.29) is 24.8 Å². The van der Waals surface area contributed by atoms with Crippen LogP contribution in [0.25, 0.3) is 0 Å². The van der Waals surface area contributed by atoms with Crippen LogP contribution in [0.5, 0.6) is 5.75 Å². The van der Waals surface area contributed by atoms with Gasteiger partial charge >= 0.3 is 0 Å². The van der Waals surface area contributed by atoms with Crippen LogP contribution in [0.3, 0.4) is 0 Å². The van der Waals surface area contributed by atoms with Crippen LogP contribution in [0.1, 0.15) is 11.1 Å². The molecule has 3 nitrogen and oxygen atoms in total. The summed E-state index contributed by atoms with van der Waals surface area (Å²) in [5, 5.41) is 4.27. The van der Waals surface area contributed by atoms with Crippen molar-refractivity contribution in [2.24, 2.45) is 0 Å². The van der Waals surface area contributed by atoms with Crippen molar-refractivity contribution in [3.8, 4) is 5.75 Å². The Bertz CT molecular complexity index is 640.